The van der Waals surface area contributed by atoms with E-state index in [0.29, 0.717) is 64.2 Å². The minimum Gasteiger partial charge on any atom is -0.461 e. The molecule has 400 valence electrons. The van der Waals surface area contributed by atoms with Crippen LogP contribution >= 0.6 is 0 Å². The molecule has 0 aromatic carbocycles. The third-order valence-corrected chi connectivity index (χ3v) is 15.7. The van der Waals surface area contributed by atoms with Crippen LogP contribution in [0.2, 0.25) is 0 Å². The number of carbonyl (C=O) groups is 8. The number of amides is 6. The van der Waals surface area contributed by atoms with Gasteiger partial charge in [0.1, 0.15) is 25.3 Å². The number of rotatable bonds is 26. The van der Waals surface area contributed by atoms with Gasteiger partial charge in [-0.15, -0.1) is 0 Å². The van der Waals surface area contributed by atoms with Crippen molar-refractivity contribution in [1.82, 2.24) is 20.9 Å². The average Bonchev–Trinajstić information content (AvgIpc) is 3.96. The summed E-state index contributed by atoms with van der Waals surface area (Å²) in [6.07, 6.45) is 13.5. The first kappa shape index (κ1) is 56.5. The molecular formula is C53H79N5O14. The van der Waals surface area contributed by atoms with Crippen LogP contribution in [0.3, 0.4) is 0 Å². The second kappa shape index (κ2) is 25.9. The minimum atomic E-state index is -1.34. The summed E-state index contributed by atoms with van der Waals surface area (Å²) in [6, 6.07) is -2.86. The standard InChI is InChI=1S/C53H79N5O14/c1-6-8-15-34(59)26-33-20-21-36-37(27-33)40(60)29-52(5)38(36)28-42-53(52,72-47(71-42)14-7-2)41(61)31-68-46-19-12-16-35(70-46)30-69-50(66)39(17-13-24-55-51(54)67)56-49(65)48(32(3)4)57-43(62)18-10-9-11-25-58-44(63)22-23-45(58)64/h8,15,22-23,26,32,35-40,42,46-48,60H,6-7,9-14,16-21,24-25,27-31H2,1-5H3,(H,56,65)(H,57,62)(H3,54,55,67)/b15-8-,33-26-/t35?,36-,37-,38+,39+,40+,42-,46?,47?,48+,52+,53-/m1/s1. The van der Waals surface area contributed by atoms with Crippen LogP contribution in [-0.4, -0.2) is 132 Å². The number of primary amides is 1. The van der Waals surface area contributed by atoms with Gasteiger partial charge < -0.3 is 50.5 Å². The maximum absolute atomic E-state index is 14.8. The highest BCUT2D eigenvalue weighted by Crippen LogP contribution is 2.67. The van der Waals surface area contributed by atoms with Gasteiger partial charge in [0.05, 0.1) is 18.3 Å². The van der Waals surface area contributed by atoms with Gasteiger partial charge in [-0.2, -0.15) is 0 Å². The topological polar surface area (TPSA) is 268 Å². The van der Waals surface area contributed by atoms with Gasteiger partial charge in [-0.1, -0.05) is 59.1 Å². The summed E-state index contributed by atoms with van der Waals surface area (Å²) < 4.78 is 31.6. The number of hydrogen-bond donors (Lipinski definition) is 5. The molecule has 0 bridgehead atoms. The quantitative estimate of drug-likeness (QED) is 0.0345. The third kappa shape index (κ3) is 13.7. The molecule has 6 rings (SSSR count). The fourth-order valence-corrected chi connectivity index (χ4v) is 12.1. The normalized spacial score (nSPS) is 31.3. The lowest BCUT2D eigenvalue weighted by atomic mass is 9.52. The molecule has 3 saturated carbocycles. The van der Waals surface area contributed by atoms with Crippen LogP contribution in [0, 0.1) is 29.1 Å². The summed E-state index contributed by atoms with van der Waals surface area (Å²) in [4.78, 5) is 104. The van der Waals surface area contributed by atoms with Crippen LogP contribution in [0.25, 0.3) is 0 Å². The van der Waals surface area contributed by atoms with Crippen molar-refractivity contribution >= 4 is 47.2 Å². The summed E-state index contributed by atoms with van der Waals surface area (Å²) in [5, 5.41) is 19.8. The number of aliphatic hydroxyl groups is 1. The molecule has 3 aliphatic heterocycles. The first-order valence-corrected chi connectivity index (χ1v) is 26.4. The third-order valence-electron chi connectivity index (χ3n) is 15.7. The lowest BCUT2D eigenvalue weighted by Gasteiger charge is -2.55. The van der Waals surface area contributed by atoms with E-state index in [-0.39, 0.29) is 98.5 Å². The zero-order chi connectivity index (χ0) is 52.2. The molecule has 19 heteroatoms. The van der Waals surface area contributed by atoms with Crippen molar-refractivity contribution in [1.29, 1.82) is 0 Å². The largest absolute Gasteiger partial charge is 0.461 e. The van der Waals surface area contributed by atoms with Crippen LogP contribution in [0.5, 0.6) is 0 Å². The van der Waals surface area contributed by atoms with Gasteiger partial charge >= 0.3 is 12.0 Å². The summed E-state index contributed by atoms with van der Waals surface area (Å²) in [6.45, 7) is 9.52. The summed E-state index contributed by atoms with van der Waals surface area (Å²) in [5.74, 6) is -2.94. The molecule has 0 spiro atoms. The van der Waals surface area contributed by atoms with E-state index in [1.54, 1.807) is 26.0 Å². The summed E-state index contributed by atoms with van der Waals surface area (Å²) >= 11 is 0. The van der Waals surface area contributed by atoms with E-state index in [4.69, 9.17) is 29.4 Å². The zero-order valence-corrected chi connectivity index (χ0v) is 42.9. The molecular weight excluding hydrogens is 931 g/mol. The van der Waals surface area contributed by atoms with E-state index in [1.807, 2.05) is 19.9 Å². The van der Waals surface area contributed by atoms with Crippen molar-refractivity contribution < 1.29 is 67.1 Å². The van der Waals surface area contributed by atoms with E-state index < -0.39 is 71.9 Å². The molecule has 2 saturated heterocycles. The number of ether oxygens (including phenoxy) is 5. The maximum atomic E-state index is 14.8. The number of esters is 1. The van der Waals surface area contributed by atoms with Crippen molar-refractivity contribution in [3.8, 4) is 0 Å². The number of Topliss-reactive ketones (excluding diaryl/α,β-unsaturated/α-hetero) is 1. The molecule has 0 radical (unpaired) electrons. The molecule has 12 atom stereocenters. The average molecular weight is 1010 g/mol. The van der Waals surface area contributed by atoms with Gasteiger partial charge in [0.25, 0.3) is 11.8 Å². The minimum absolute atomic E-state index is 0.0360. The fraction of sp³-hybridized carbons (Fsp3) is 0.736. The maximum Gasteiger partial charge on any atom is 0.328 e. The molecule has 6 N–H and O–H groups in total. The predicted octanol–water partition coefficient (Wildman–Crippen LogP) is 4.52. The van der Waals surface area contributed by atoms with E-state index in [2.05, 4.69) is 22.9 Å². The first-order valence-electron chi connectivity index (χ1n) is 26.4. The van der Waals surface area contributed by atoms with Crippen LogP contribution < -0.4 is 21.7 Å². The molecule has 5 fully saturated rings. The van der Waals surface area contributed by atoms with Crippen molar-refractivity contribution in [2.24, 2.45) is 34.8 Å². The number of allylic oxidation sites excluding steroid dienone is 4. The number of urea groups is 1. The van der Waals surface area contributed by atoms with Crippen LogP contribution in [0.4, 0.5) is 4.79 Å². The lowest BCUT2D eigenvalue weighted by Crippen LogP contribution is -2.62. The van der Waals surface area contributed by atoms with Gasteiger partial charge in [-0.05, 0) is 126 Å². The highest BCUT2D eigenvalue weighted by atomic mass is 16.7. The van der Waals surface area contributed by atoms with Crippen molar-refractivity contribution in [2.45, 2.75) is 192 Å². The Balaban J connectivity index is 1.03. The molecule has 72 heavy (non-hydrogen) atoms. The Morgan fingerprint density at radius 1 is 0.986 bits per heavy atom. The number of aliphatic hydroxyl groups excluding tert-OH is 1. The first-order chi connectivity index (χ1) is 34.4. The van der Waals surface area contributed by atoms with Gasteiger partial charge in [-0.25, -0.2) is 9.59 Å². The molecule has 6 amide bonds. The lowest BCUT2D eigenvalue weighted by molar-refractivity contribution is -0.218. The Labute approximate surface area is 423 Å². The number of hydrogen-bond acceptors (Lipinski definition) is 14. The number of nitrogens with one attached hydrogen (secondary N) is 3. The zero-order valence-electron chi connectivity index (χ0n) is 42.9. The Kier molecular flexibility index (Phi) is 20.3. The number of carbonyl (C=O) groups excluding carboxylic acids is 8. The van der Waals surface area contributed by atoms with Gasteiger partial charge in [0.15, 0.2) is 29.7 Å². The monoisotopic (exact) mass is 1010 g/mol. The summed E-state index contributed by atoms with van der Waals surface area (Å²) in [7, 11) is 0. The Hall–Kier alpha value is -4.82. The van der Waals surface area contributed by atoms with Crippen molar-refractivity contribution in [3.63, 3.8) is 0 Å². The molecule has 3 heterocycles. The molecule has 3 unspecified atom stereocenters. The van der Waals surface area contributed by atoms with Crippen LogP contribution in [0.1, 0.15) is 144 Å². The number of fused-ring (bicyclic) bond motifs is 5. The molecule has 6 aliphatic rings. The number of nitrogens with two attached hydrogens (primary N) is 1. The molecule has 19 nitrogen and oxygen atoms in total. The highest BCUT2D eigenvalue weighted by molar-refractivity contribution is 6.12. The Morgan fingerprint density at radius 2 is 1.75 bits per heavy atom. The van der Waals surface area contributed by atoms with Gasteiger partial charge in [0, 0.05) is 37.1 Å². The van der Waals surface area contributed by atoms with Gasteiger partial charge in [0.2, 0.25) is 11.8 Å². The van der Waals surface area contributed by atoms with Crippen molar-refractivity contribution in [3.05, 3.63) is 36.0 Å². The molecule has 0 aromatic heterocycles. The van der Waals surface area contributed by atoms with Gasteiger partial charge in [-0.3, -0.25) is 33.7 Å². The van der Waals surface area contributed by atoms with Crippen molar-refractivity contribution in [2.75, 3.05) is 26.3 Å². The van der Waals surface area contributed by atoms with Crippen LogP contribution in [-0.2, 0) is 57.2 Å². The smallest absolute Gasteiger partial charge is 0.328 e. The Morgan fingerprint density at radius 3 is 2.46 bits per heavy atom. The summed E-state index contributed by atoms with van der Waals surface area (Å²) in [5.41, 5.74) is 4.20. The number of ketones is 2. The SMILES string of the molecule is CC/C=C\C(=O)/C=C1/CC[C@@H]2[C@@H](C1)[C@@H](O)C[C@@]1(C)[C@H]2C[C@H]2OC(CCC)O[C@]21C(=O)COC1CCCC(COC(=O)[C@H](CCCNC(N)=O)NC(=O)[C@@H](NC(=O)CCCCCN2C(=O)C=CC2=O)C(C)C)O1. The Bertz CT molecular complexity index is 2060. The van der Waals surface area contributed by atoms with E-state index >= 15 is 0 Å². The van der Waals surface area contributed by atoms with E-state index in [0.717, 1.165) is 36.2 Å². The second-order valence-corrected chi connectivity index (χ2v) is 21.1. The number of nitrogens with zero attached hydrogens (tertiary/aromatic N) is 1. The molecule has 3 aliphatic carbocycles. The molecule has 0 aromatic rings. The highest BCUT2D eigenvalue weighted by Gasteiger charge is 2.74. The van der Waals surface area contributed by atoms with Crippen LogP contribution in [0.15, 0.2) is 36.0 Å². The number of imide groups is 1. The second-order valence-electron chi connectivity index (χ2n) is 21.1. The predicted molar refractivity (Wildman–Crippen MR) is 262 cm³/mol. The van der Waals surface area contributed by atoms with E-state index in [1.165, 1.54) is 12.2 Å². The number of unbranched alkanes of at least 4 members (excludes halogenated alkanes) is 2. The van der Waals surface area contributed by atoms with E-state index in [9.17, 15) is 43.5 Å². The fourth-order valence-electron chi connectivity index (χ4n) is 12.1.